The highest BCUT2D eigenvalue weighted by Gasteiger charge is 2.06. The van der Waals surface area contributed by atoms with Crippen LogP contribution in [0, 0.1) is 0 Å². The summed E-state index contributed by atoms with van der Waals surface area (Å²) in [5.41, 5.74) is 0.715. The molecule has 0 saturated heterocycles. The van der Waals surface area contributed by atoms with Crippen molar-refractivity contribution in [3.63, 3.8) is 0 Å². The molecule has 0 unspecified atom stereocenters. The first-order chi connectivity index (χ1) is 7.19. The molecule has 0 aliphatic carbocycles. The van der Waals surface area contributed by atoms with Gasteiger partial charge in [0.2, 0.25) is 0 Å². The van der Waals surface area contributed by atoms with E-state index < -0.39 is 5.76 Å². The summed E-state index contributed by atoms with van der Waals surface area (Å²) in [6, 6.07) is 5.36. The van der Waals surface area contributed by atoms with Crippen molar-refractivity contribution in [1.29, 1.82) is 0 Å². The van der Waals surface area contributed by atoms with Gasteiger partial charge in [-0.1, -0.05) is 21.1 Å². The van der Waals surface area contributed by atoms with Crippen LogP contribution in [0.3, 0.4) is 0 Å². The predicted octanol–water partition coefficient (Wildman–Crippen LogP) is 1.80. The number of rotatable bonds is 2. The van der Waals surface area contributed by atoms with Gasteiger partial charge in [-0.3, -0.25) is 9.51 Å². The molecule has 0 bridgehead atoms. The Hall–Kier alpha value is -1.56. The first kappa shape index (κ1) is 9.97. The number of nitrogens with one attached hydrogen (secondary N) is 1. The van der Waals surface area contributed by atoms with Crippen molar-refractivity contribution in [3.8, 4) is 17.1 Å². The normalized spacial score (nSPS) is 10.3. The summed E-state index contributed by atoms with van der Waals surface area (Å²) >= 11 is 3.33. The predicted molar refractivity (Wildman–Crippen MR) is 56.8 cm³/mol. The molecule has 1 aromatic heterocycles. The van der Waals surface area contributed by atoms with E-state index in [0.717, 1.165) is 4.47 Å². The fourth-order valence-electron chi connectivity index (χ4n) is 1.17. The highest BCUT2D eigenvalue weighted by molar-refractivity contribution is 9.10. The third-order valence-electron chi connectivity index (χ3n) is 1.82. The molecular weight excluding hydrogens is 264 g/mol. The fourth-order valence-corrected chi connectivity index (χ4v) is 1.64. The Labute approximate surface area is 93.2 Å². The molecular formula is C9H7BrN2O3. The number of aromatic nitrogens is 2. The van der Waals surface area contributed by atoms with Crippen molar-refractivity contribution in [3.05, 3.63) is 33.2 Å². The van der Waals surface area contributed by atoms with Crippen LogP contribution in [0.1, 0.15) is 0 Å². The van der Waals surface area contributed by atoms with Crippen LogP contribution in [0.25, 0.3) is 11.4 Å². The fraction of sp³-hybridized carbons (Fsp3) is 0.111. The van der Waals surface area contributed by atoms with E-state index in [9.17, 15) is 4.79 Å². The number of H-pyrrole nitrogens is 1. The van der Waals surface area contributed by atoms with Gasteiger partial charge in [-0.15, -0.1) is 0 Å². The first-order valence-electron chi connectivity index (χ1n) is 4.10. The maximum absolute atomic E-state index is 10.8. The number of benzene rings is 1. The first-order valence-corrected chi connectivity index (χ1v) is 4.89. The van der Waals surface area contributed by atoms with Gasteiger partial charge in [0, 0.05) is 10.0 Å². The molecule has 0 radical (unpaired) electrons. The second kappa shape index (κ2) is 3.90. The SMILES string of the molecule is COc1cc(Br)cc(-c2noc(=O)[nH]2)c1. The van der Waals surface area contributed by atoms with E-state index in [-0.39, 0.29) is 0 Å². The number of hydrogen-bond acceptors (Lipinski definition) is 4. The number of ether oxygens (including phenoxy) is 1. The van der Waals surface area contributed by atoms with Crippen LogP contribution in [-0.2, 0) is 0 Å². The number of nitrogens with zero attached hydrogens (tertiary/aromatic N) is 1. The molecule has 0 fully saturated rings. The average Bonchev–Trinajstić information content (AvgIpc) is 2.64. The summed E-state index contributed by atoms with van der Waals surface area (Å²) in [4.78, 5) is 13.2. The lowest BCUT2D eigenvalue weighted by atomic mass is 10.2. The number of hydrogen-bond donors (Lipinski definition) is 1. The minimum atomic E-state index is -0.580. The molecule has 5 nitrogen and oxygen atoms in total. The third kappa shape index (κ3) is 2.10. The van der Waals surface area contributed by atoms with Crippen molar-refractivity contribution in [2.75, 3.05) is 7.11 Å². The molecule has 0 saturated carbocycles. The maximum atomic E-state index is 10.8. The summed E-state index contributed by atoms with van der Waals surface area (Å²) in [6.07, 6.45) is 0. The lowest BCUT2D eigenvalue weighted by Gasteiger charge is -2.02. The molecule has 1 N–H and O–H groups in total. The minimum Gasteiger partial charge on any atom is -0.497 e. The van der Waals surface area contributed by atoms with Gasteiger partial charge < -0.3 is 4.74 Å². The second-order valence-corrected chi connectivity index (χ2v) is 3.74. The van der Waals surface area contributed by atoms with E-state index in [4.69, 9.17) is 4.74 Å². The lowest BCUT2D eigenvalue weighted by Crippen LogP contribution is -1.95. The van der Waals surface area contributed by atoms with Crippen molar-refractivity contribution in [2.45, 2.75) is 0 Å². The Bertz CT molecular complexity index is 532. The van der Waals surface area contributed by atoms with Gasteiger partial charge in [0.05, 0.1) is 7.11 Å². The van der Waals surface area contributed by atoms with E-state index in [0.29, 0.717) is 17.1 Å². The van der Waals surface area contributed by atoms with Crippen LogP contribution in [-0.4, -0.2) is 17.3 Å². The average molecular weight is 271 g/mol. The Morgan fingerprint density at radius 3 is 2.87 bits per heavy atom. The molecule has 2 aromatic rings. The highest BCUT2D eigenvalue weighted by Crippen LogP contribution is 2.25. The molecule has 0 amide bonds. The van der Waals surface area contributed by atoms with Crippen LogP contribution >= 0.6 is 15.9 Å². The van der Waals surface area contributed by atoms with Crippen LogP contribution in [0.2, 0.25) is 0 Å². The molecule has 6 heteroatoms. The van der Waals surface area contributed by atoms with Crippen molar-refractivity contribution < 1.29 is 9.26 Å². The van der Waals surface area contributed by atoms with E-state index in [1.54, 1.807) is 19.2 Å². The van der Waals surface area contributed by atoms with Gasteiger partial charge in [0.15, 0.2) is 5.82 Å². The summed E-state index contributed by atoms with van der Waals surface area (Å²) in [6.45, 7) is 0. The van der Waals surface area contributed by atoms with Gasteiger partial charge >= 0.3 is 5.76 Å². The van der Waals surface area contributed by atoms with Crippen LogP contribution in [0.4, 0.5) is 0 Å². The lowest BCUT2D eigenvalue weighted by molar-refractivity contribution is 0.388. The van der Waals surface area contributed by atoms with E-state index >= 15 is 0 Å². The quantitative estimate of drug-likeness (QED) is 0.904. The zero-order valence-corrected chi connectivity index (χ0v) is 9.37. The molecule has 2 rings (SSSR count). The van der Waals surface area contributed by atoms with Crippen LogP contribution < -0.4 is 10.5 Å². The highest BCUT2D eigenvalue weighted by atomic mass is 79.9. The molecule has 0 aliphatic rings. The molecule has 0 atom stereocenters. The van der Waals surface area contributed by atoms with E-state index in [1.807, 2.05) is 6.07 Å². The molecule has 1 heterocycles. The molecule has 15 heavy (non-hydrogen) atoms. The zero-order chi connectivity index (χ0) is 10.8. The summed E-state index contributed by atoms with van der Waals surface area (Å²) in [5, 5.41) is 3.58. The number of methoxy groups -OCH3 is 1. The topological polar surface area (TPSA) is 68.1 Å². The van der Waals surface area contributed by atoms with Gasteiger partial charge in [-0.2, -0.15) is 0 Å². The molecule has 1 aromatic carbocycles. The number of aromatic amines is 1. The Kier molecular flexibility index (Phi) is 2.59. The van der Waals surface area contributed by atoms with Gasteiger partial charge in [-0.05, 0) is 18.2 Å². The standard InChI is InChI=1S/C9H7BrN2O3/c1-14-7-3-5(2-6(10)4-7)8-11-9(13)15-12-8/h2-4H,1H3,(H,11,12,13). The Morgan fingerprint density at radius 2 is 2.27 bits per heavy atom. The third-order valence-corrected chi connectivity index (χ3v) is 2.28. The van der Waals surface area contributed by atoms with Crippen molar-refractivity contribution in [1.82, 2.24) is 10.1 Å². The Morgan fingerprint density at radius 1 is 1.47 bits per heavy atom. The van der Waals surface area contributed by atoms with Gasteiger partial charge in [-0.25, -0.2) is 4.79 Å². The maximum Gasteiger partial charge on any atom is 0.439 e. The van der Waals surface area contributed by atoms with Gasteiger partial charge in [0.1, 0.15) is 5.75 Å². The van der Waals surface area contributed by atoms with Crippen LogP contribution in [0.15, 0.2) is 32.0 Å². The minimum absolute atomic E-state index is 0.375. The van der Waals surface area contributed by atoms with E-state index in [1.165, 1.54) is 0 Å². The largest absolute Gasteiger partial charge is 0.497 e. The molecule has 0 aliphatic heterocycles. The smallest absolute Gasteiger partial charge is 0.439 e. The number of halogens is 1. The van der Waals surface area contributed by atoms with Crippen molar-refractivity contribution in [2.24, 2.45) is 0 Å². The summed E-state index contributed by atoms with van der Waals surface area (Å²) < 4.78 is 10.3. The second-order valence-electron chi connectivity index (χ2n) is 2.82. The Balaban J connectivity index is 2.52. The monoisotopic (exact) mass is 270 g/mol. The summed E-state index contributed by atoms with van der Waals surface area (Å²) in [7, 11) is 1.57. The summed E-state index contributed by atoms with van der Waals surface area (Å²) in [5.74, 6) is 0.465. The van der Waals surface area contributed by atoms with E-state index in [2.05, 4.69) is 30.6 Å². The molecule has 78 valence electrons. The van der Waals surface area contributed by atoms with Crippen molar-refractivity contribution >= 4 is 15.9 Å². The zero-order valence-electron chi connectivity index (χ0n) is 7.78. The van der Waals surface area contributed by atoms with Crippen LogP contribution in [0.5, 0.6) is 5.75 Å². The molecule has 0 spiro atoms. The van der Waals surface area contributed by atoms with Gasteiger partial charge in [0.25, 0.3) is 0 Å².